The van der Waals surface area contributed by atoms with E-state index in [4.69, 9.17) is 17.3 Å². The maximum atomic E-state index is 11.8. The molecule has 0 aliphatic rings. The molecule has 0 bridgehead atoms. The van der Waals surface area contributed by atoms with Crippen LogP contribution in [0, 0.1) is 5.92 Å². The highest BCUT2D eigenvalue weighted by Crippen LogP contribution is 2.14. The van der Waals surface area contributed by atoms with E-state index in [-0.39, 0.29) is 5.78 Å². The van der Waals surface area contributed by atoms with Crippen LogP contribution < -0.4 is 5.73 Å². The van der Waals surface area contributed by atoms with Gasteiger partial charge in [-0.25, -0.2) is 0 Å². The number of rotatable bonds is 6. The Bertz CT molecular complexity index is 348. The van der Waals surface area contributed by atoms with Crippen LogP contribution >= 0.6 is 11.6 Å². The first-order valence-electron chi connectivity index (χ1n) is 5.62. The maximum absolute atomic E-state index is 11.8. The fraction of sp³-hybridized carbons (Fsp3) is 0.462. The monoisotopic (exact) mass is 239 g/mol. The first kappa shape index (κ1) is 13.2. The predicted molar refractivity (Wildman–Crippen MR) is 67.6 cm³/mol. The number of carbonyl (C=O) groups is 1. The molecule has 0 saturated carbocycles. The molecule has 88 valence electrons. The number of Topliss-reactive ketones (excluding diaryl/α,β-unsaturated/α-hetero) is 1. The first-order chi connectivity index (χ1) is 7.65. The van der Waals surface area contributed by atoms with Gasteiger partial charge in [-0.2, -0.15) is 0 Å². The van der Waals surface area contributed by atoms with Crippen LogP contribution in [0.4, 0.5) is 0 Å². The quantitative estimate of drug-likeness (QED) is 0.830. The summed E-state index contributed by atoms with van der Waals surface area (Å²) in [4.78, 5) is 11.8. The highest BCUT2D eigenvalue weighted by molar-refractivity contribution is 6.30. The Kier molecular flexibility index (Phi) is 5.50. The number of carbonyl (C=O) groups excluding carboxylic acids is 1. The van der Waals surface area contributed by atoms with E-state index < -0.39 is 0 Å². The van der Waals surface area contributed by atoms with Crippen LogP contribution in [-0.4, -0.2) is 12.3 Å². The van der Waals surface area contributed by atoms with E-state index in [0.717, 1.165) is 12.0 Å². The van der Waals surface area contributed by atoms with Crippen molar-refractivity contribution >= 4 is 17.4 Å². The normalized spacial score (nSPS) is 12.4. The van der Waals surface area contributed by atoms with Gasteiger partial charge in [-0.05, 0) is 30.2 Å². The number of halogens is 1. The van der Waals surface area contributed by atoms with Gasteiger partial charge in [-0.15, -0.1) is 0 Å². The Morgan fingerprint density at radius 3 is 2.81 bits per heavy atom. The molecule has 1 aromatic rings. The highest BCUT2D eigenvalue weighted by Gasteiger charge is 2.11. The minimum atomic E-state index is 0.236. The first-order valence-corrected chi connectivity index (χ1v) is 5.99. The van der Waals surface area contributed by atoms with E-state index in [1.165, 1.54) is 0 Å². The molecular weight excluding hydrogens is 222 g/mol. The lowest BCUT2D eigenvalue weighted by molar-refractivity contribution is -0.119. The lowest BCUT2D eigenvalue weighted by Gasteiger charge is -2.10. The third-order valence-electron chi connectivity index (χ3n) is 2.72. The van der Waals surface area contributed by atoms with Gasteiger partial charge in [-0.1, -0.05) is 37.1 Å². The van der Waals surface area contributed by atoms with Crippen molar-refractivity contribution in [3.63, 3.8) is 0 Å². The molecule has 0 spiro atoms. The van der Waals surface area contributed by atoms with Crippen molar-refractivity contribution in [2.45, 2.75) is 26.2 Å². The van der Waals surface area contributed by atoms with Gasteiger partial charge in [0.25, 0.3) is 0 Å². The zero-order valence-electron chi connectivity index (χ0n) is 9.58. The van der Waals surface area contributed by atoms with Crippen molar-refractivity contribution in [1.82, 2.24) is 0 Å². The van der Waals surface area contributed by atoms with Crippen molar-refractivity contribution in [3.05, 3.63) is 34.9 Å². The maximum Gasteiger partial charge on any atom is 0.137 e. The summed E-state index contributed by atoms with van der Waals surface area (Å²) >= 11 is 5.86. The molecule has 0 aromatic heterocycles. The number of benzene rings is 1. The van der Waals surface area contributed by atoms with Crippen LogP contribution in [0.3, 0.4) is 0 Å². The SMILES string of the molecule is CCC(CN)CC(=O)Cc1cccc(Cl)c1. The number of nitrogens with two attached hydrogens (primary N) is 1. The smallest absolute Gasteiger partial charge is 0.137 e. The van der Waals surface area contributed by atoms with Crippen LogP contribution in [0.1, 0.15) is 25.3 Å². The number of hydrogen-bond donors (Lipinski definition) is 1. The summed E-state index contributed by atoms with van der Waals surface area (Å²) in [5, 5.41) is 0.677. The molecule has 1 aromatic carbocycles. The van der Waals surface area contributed by atoms with E-state index in [9.17, 15) is 4.79 Å². The van der Waals surface area contributed by atoms with Crippen LogP contribution in [0.25, 0.3) is 0 Å². The van der Waals surface area contributed by atoms with Crippen molar-refractivity contribution in [2.75, 3.05) is 6.54 Å². The lowest BCUT2D eigenvalue weighted by atomic mass is 9.96. The molecule has 0 saturated heterocycles. The van der Waals surface area contributed by atoms with Gasteiger partial charge in [0.05, 0.1) is 0 Å². The average Bonchev–Trinajstić information content (AvgIpc) is 2.26. The second-order valence-electron chi connectivity index (χ2n) is 4.06. The third-order valence-corrected chi connectivity index (χ3v) is 2.95. The third kappa shape index (κ3) is 4.33. The number of hydrogen-bond acceptors (Lipinski definition) is 2. The standard InChI is InChI=1S/C13H18ClNO/c1-2-10(9-15)7-13(16)8-11-4-3-5-12(14)6-11/h3-6,10H,2,7-9,15H2,1H3. The summed E-state index contributed by atoms with van der Waals surface area (Å²) in [5.74, 6) is 0.547. The summed E-state index contributed by atoms with van der Waals surface area (Å²) in [6.07, 6.45) is 1.98. The van der Waals surface area contributed by atoms with E-state index in [1.807, 2.05) is 24.3 Å². The molecule has 1 unspecified atom stereocenters. The van der Waals surface area contributed by atoms with E-state index in [0.29, 0.717) is 30.3 Å². The molecule has 2 N–H and O–H groups in total. The second-order valence-corrected chi connectivity index (χ2v) is 4.50. The zero-order valence-corrected chi connectivity index (χ0v) is 10.3. The Labute approximate surface area is 102 Å². The lowest BCUT2D eigenvalue weighted by Crippen LogP contribution is -2.18. The van der Waals surface area contributed by atoms with E-state index in [2.05, 4.69) is 6.92 Å². The largest absolute Gasteiger partial charge is 0.330 e. The molecule has 3 heteroatoms. The molecule has 0 heterocycles. The zero-order chi connectivity index (χ0) is 12.0. The van der Waals surface area contributed by atoms with E-state index >= 15 is 0 Å². The Hall–Kier alpha value is -0.860. The second kappa shape index (κ2) is 6.66. The van der Waals surface area contributed by atoms with Crippen LogP contribution in [0.5, 0.6) is 0 Å². The van der Waals surface area contributed by atoms with Gasteiger partial charge in [0, 0.05) is 17.9 Å². The van der Waals surface area contributed by atoms with Gasteiger partial charge in [-0.3, -0.25) is 4.79 Å². The molecule has 0 fully saturated rings. The van der Waals surface area contributed by atoms with Crippen LogP contribution in [-0.2, 0) is 11.2 Å². The minimum absolute atomic E-state index is 0.236. The molecule has 2 nitrogen and oxygen atoms in total. The molecular formula is C13H18ClNO. The molecule has 1 atom stereocenters. The average molecular weight is 240 g/mol. The fourth-order valence-electron chi connectivity index (χ4n) is 1.66. The van der Waals surface area contributed by atoms with Crippen LogP contribution in [0.2, 0.25) is 5.02 Å². The minimum Gasteiger partial charge on any atom is -0.330 e. The number of ketones is 1. The van der Waals surface area contributed by atoms with Crippen LogP contribution in [0.15, 0.2) is 24.3 Å². The molecule has 0 aliphatic carbocycles. The molecule has 0 radical (unpaired) electrons. The Morgan fingerprint density at radius 1 is 1.50 bits per heavy atom. The predicted octanol–water partition coefficient (Wildman–Crippen LogP) is 2.83. The molecule has 1 rings (SSSR count). The van der Waals surface area contributed by atoms with E-state index in [1.54, 1.807) is 0 Å². The molecule has 0 amide bonds. The van der Waals surface area contributed by atoms with Gasteiger partial charge in [0.1, 0.15) is 5.78 Å². The van der Waals surface area contributed by atoms with Crippen molar-refractivity contribution in [3.8, 4) is 0 Å². The summed E-state index contributed by atoms with van der Waals surface area (Å²) in [5.41, 5.74) is 6.55. The van der Waals surface area contributed by atoms with Crippen molar-refractivity contribution < 1.29 is 4.79 Å². The summed E-state index contributed by atoms with van der Waals surface area (Å²) in [7, 11) is 0. The van der Waals surface area contributed by atoms with Crippen molar-refractivity contribution in [1.29, 1.82) is 0 Å². The topological polar surface area (TPSA) is 43.1 Å². The Balaban J connectivity index is 2.51. The van der Waals surface area contributed by atoms with Gasteiger partial charge in [0.15, 0.2) is 0 Å². The Morgan fingerprint density at radius 2 is 2.25 bits per heavy atom. The summed E-state index contributed by atoms with van der Waals surface area (Å²) < 4.78 is 0. The van der Waals surface area contributed by atoms with Gasteiger partial charge < -0.3 is 5.73 Å². The molecule has 16 heavy (non-hydrogen) atoms. The molecule has 0 aliphatic heterocycles. The summed E-state index contributed by atoms with van der Waals surface area (Å²) in [6, 6.07) is 7.44. The highest BCUT2D eigenvalue weighted by atomic mass is 35.5. The van der Waals surface area contributed by atoms with Gasteiger partial charge >= 0.3 is 0 Å². The van der Waals surface area contributed by atoms with Gasteiger partial charge in [0.2, 0.25) is 0 Å². The fourth-order valence-corrected chi connectivity index (χ4v) is 1.88. The summed E-state index contributed by atoms with van der Waals surface area (Å²) in [6.45, 7) is 2.64. The van der Waals surface area contributed by atoms with Crippen molar-refractivity contribution in [2.24, 2.45) is 11.7 Å².